The van der Waals surface area contributed by atoms with Gasteiger partial charge >= 0.3 is 0 Å². The van der Waals surface area contributed by atoms with E-state index in [2.05, 4.69) is 43.1 Å². The predicted octanol–water partition coefficient (Wildman–Crippen LogP) is 3.47. The van der Waals surface area contributed by atoms with Crippen LogP contribution in [-0.2, 0) is 4.79 Å². The summed E-state index contributed by atoms with van der Waals surface area (Å²) in [4.78, 5) is 15.8. The van der Waals surface area contributed by atoms with Crippen molar-refractivity contribution in [1.29, 1.82) is 0 Å². The maximum absolute atomic E-state index is 11.9. The first-order valence-corrected chi connectivity index (χ1v) is 8.69. The van der Waals surface area contributed by atoms with Crippen LogP contribution in [0.15, 0.2) is 58.4 Å². The third-order valence-corrected chi connectivity index (χ3v) is 4.33. The first-order chi connectivity index (χ1) is 11.2. The number of amides is 1. The van der Waals surface area contributed by atoms with Crippen LogP contribution in [0.1, 0.15) is 0 Å². The number of halogens is 1. The number of carbonyl (C=O) groups excluding carboxylic acids is 1. The summed E-state index contributed by atoms with van der Waals surface area (Å²) in [6.07, 6.45) is 3.31. The van der Waals surface area contributed by atoms with Crippen LogP contribution in [0.2, 0.25) is 0 Å². The minimum atomic E-state index is -0.125. The lowest BCUT2D eigenvalue weighted by Gasteiger charge is -2.03. The van der Waals surface area contributed by atoms with Gasteiger partial charge in [-0.2, -0.15) is 0 Å². The Morgan fingerprint density at radius 3 is 2.61 bits per heavy atom. The van der Waals surface area contributed by atoms with E-state index in [1.165, 1.54) is 11.8 Å². The molecule has 0 aliphatic rings. The van der Waals surface area contributed by atoms with E-state index in [-0.39, 0.29) is 11.7 Å². The van der Waals surface area contributed by atoms with E-state index in [0.29, 0.717) is 11.1 Å². The monoisotopic (exact) mass is 438 g/mol. The zero-order chi connectivity index (χ0) is 16.1. The van der Waals surface area contributed by atoms with Crippen molar-refractivity contribution < 1.29 is 9.21 Å². The van der Waals surface area contributed by atoms with Crippen LogP contribution in [0, 0.1) is 3.57 Å². The second kappa shape index (κ2) is 7.55. The molecule has 0 aliphatic carbocycles. The van der Waals surface area contributed by atoms with E-state index >= 15 is 0 Å². The zero-order valence-corrected chi connectivity index (χ0v) is 14.7. The molecule has 1 N–H and O–H groups in total. The van der Waals surface area contributed by atoms with Gasteiger partial charge in [-0.15, -0.1) is 10.2 Å². The Labute approximate surface area is 150 Å². The number of thioether (sulfide) groups is 1. The number of anilines is 1. The summed E-state index contributed by atoms with van der Waals surface area (Å²) >= 11 is 3.41. The molecule has 0 spiro atoms. The largest absolute Gasteiger partial charge is 0.411 e. The number of pyridine rings is 1. The van der Waals surface area contributed by atoms with Gasteiger partial charge in [-0.3, -0.25) is 9.78 Å². The Morgan fingerprint density at radius 2 is 1.87 bits per heavy atom. The Morgan fingerprint density at radius 1 is 1.13 bits per heavy atom. The van der Waals surface area contributed by atoms with Crippen molar-refractivity contribution in [3.8, 4) is 11.5 Å². The number of aromatic nitrogens is 3. The number of nitrogens with zero attached hydrogens (tertiary/aromatic N) is 3. The molecule has 6 nitrogen and oxygen atoms in total. The fraction of sp³-hybridized carbons (Fsp3) is 0.0667. The molecule has 1 aromatic carbocycles. The highest BCUT2D eigenvalue weighted by molar-refractivity contribution is 14.1. The van der Waals surface area contributed by atoms with Gasteiger partial charge < -0.3 is 9.73 Å². The van der Waals surface area contributed by atoms with Crippen LogP contribution in [-0.4, -0.2) is 26.8 Å². The van der Waals surface area contributed by atoms with Crippen molar-refractivity contribution in [2.75, 3.05) is 11.1 Å². The first-order valence-electron chi connectivity index (χ1n) is 6.63. The fourth-order valence-corrected chi connectivity index (χ4v) is 2.66. The van der Waals surface area contributed by atoms with Gasteiger partial charge in [-0.25, -0.2) is 0 Å². The summed E-state index contributed by atoms with van der Waals surface area (Å²) in [7, 11) is 0. The molecule has 3 rings (SSSR count). The van der Waals surface area contributed by atoms with Crippen molar-refractivity contribution in [2.45, 2.75) is 5.22 Å². The smallest absolute Gasteiger partial charge is 0.277 e. The Kier molecular flexibility index (Phi) is 5.23. The maximum Gasteiger partial charge on any atom is 0.277 e. The minimum absolute atomic E-state index is 0.125. The van der Waals surface area contributed by atoms with Gasteiger partial charge in [0.2, 0.25) is 11.8 Å². The van der Waals surface area contributed by atoms with E-state index in [9.17, 15) is 4.79 Å². The highest BCUT2D eigenvalue weighted by Gasteiger charge is 2.11. The lowest BCUT2D eigenvalue weighted by Crippen LogP contribution is -2.13. The molecule has 0 bridgehead atoms. The van der Waals surface area contributed by atoms with Crippen LogP contribution in [0.25, 0.3) is 11.5 Å². The van der Waals surface area contributed by atoms with E-state index in [1.807, 2.05) is 24.3 Å². The number of benzene rings is 1. The van der Waals surface area contributed by atoms with E-state index in [4.69, 9.17) is 4.42 Å². The standard InChI is InChI=1S/C15H11IN4O2S/c16-11-1-3-12(4-2-11)18-13(21)9-23-15-20-19-14(22-15)10-5-7-17-8-6-10/h1-8H,9H2,(H,18,21). The highest BCUT2D eigenvalue weighted by atomic mass is 127. The van der Waals surface area contributed by atoms with Gasteiger partial charge in [0, 0.05) is 27.2 Å². The van der Waals surface area contributed by atoms with Crippen LogP contribution in [0.5, 0.6) is 0 Å². The molecule has 2 heterocycles. The number of carbonyl (C=O) groups is 1. The van der Waals surface area contributed by atoms with Crippen LogP contribution in [0.4, 0.5) is 5.69 Å². The van der Waals surface area contributed by atoms with E-state index in [1.54, 1.807) is 24.5 Å². The average molecular weight is 438 g/mol. The molecule has 0 unspecified atom stereocenters. The molecule has 1 amide bonds. The molecule has 0 saturated heterocycles. The number of hydrogen-bond acceptors (Lipinski definition) is 6. The van der Waals surface area contributed by atoms with Crippen molar-refractivity contribution in [3.63, 3.8) is 0 Å². The molecule has 2 aromatic heterocycles. The Bertz CT molecular complexity index is 793. The normalized spacial score (nSPS) is 10.5. The molecule has 0 saturated carbocycles. The Balaban J connectivity index is 1.55. The molecule has 8 heteroatoms. The summed E-state index contributed by atoms with van der Waals surface area (Å²) in [5.41, 5.74) is 1.56. The van der Waals surface area contributed by atoms with Crippen LogP contribution in [0.3, 0.4) is 0 Å². The molecule has 0 atom stereocenters. The fourth-order valence-electron chi connectivity index (χ4n) is 1.74. The van der Waals surface area contributed by atoms with E-state index in [0.717, 1.165) is 14.8 Å². The molecule has 23 heavy (non-hydrogen) atoms. The zero-order valence-electron chi connectivity index (χ0n) is 11.8. The number of hydrogen-bond donors (Lipinski definition) is 1. The molecular formula is C15H11IN4O2S. The van der Waals surface area contributed by atoms with Gasteiger partial charge in [0.1, 0.15) is 0 Å². The molecule has 116 valence electrons. The topological polar surface area (TPSA) is 80.9 Å². The summed E-state index contributed by atoms with van der Waals surface area (Å²) in [5.74, 6) is 0.483. The summed E-state index contributed by atoms with van der Waals surface area (Å²) < 4.78 is 6.63. The number of nitrogens with one attached hydrogen (secondary N) is 1. The summed E-state index contributed by atoms with van der Waals surface area (Å²) in [6.45, 7) is 0. The maximum atomic E-state index is 11.9. The lowest BCUT2D eigenvalue weighted by molar-refractivity contribution is -0.113. The molecule has 0 fully saturated rings. The van der Waals surface area contributed by atoms with Crippen molar-refractivity contribution in [2.24, 2.45) is 0 Å². The van der Waals surface area contributed by atoms with E-state index < -0.39 is 0 Å². The SMILES string of the molecule is O=C(CSc1nnc(-c2ccncc2)o1)Nc1ccc(I)cc1. The summed E-state index contributed by atoms with van der Waals surface area (Å²) in [6, 6.07) is 11.2. The van der Waals surface area contributed by atoms with Crippen LogP contribution < -0.4 is 5.32 Å². The highest BCUT2D eigenvalue weighted by Crippen LogP contribution is 2.22. The van der Waals surface area contributed by atoms with Gasteiger partial charge in [0.05, 0.1) is 5.75 Å². The number of rotatable bonds is 5. The Hall–Kier alpha value is -1.94. The van der Waals surface area contributed by atoms with Gasteiger partial charge in [0.15, 0.2) is 0 Å². The van der Waals surface area contributed by atoms with Crippen molar-refractivity contribution in [1.82, 2.24) is 15.2 Å². The van der Waals surface area contributed by atoms with Gasteiger partial charge in [-0.1, -0.05) is 11.8 Å². The predicted molar refractivity (Wildman–Crippen MR) is 96.0 cm³/mol. The molecule has 0 radical (unpaired) electrons. The van der Waals surface area contributed by atoms with Crippen molar-refractivity contribution in [3.05, 3.63) is 52.4 Å². The third-order valence-electron chi connectivity index (χ3n) is 2.79. The van der Waals surface area contributed by atoms with Crippen molar-refractivity contribution >= 4 is 45.9 Å². The van der Waals surface area contributed by atoms with Gasteiger partial charge in [-0.05, 0) is 59.0 Å². The quantitative estimate of drug-likeness (QED) is 0.486. The molecular weight excluding hydrogens is 427 g/mol. The minimum Gasteiger partial charge on any atom is -0.411 e. The second-order valence-electron chi connectivity index (χ2n) is 4.45. The molecule has 3 aromatic rings. The lowest BCUT2D eigenvalue weighted by atomic mass is 10.3. The van der Waals surface area contributed by atoms with Crippen LogP contribution >= 0.6 is 34.4 Å². The molecule has 0 aliphatic heterocycles. The first kappa shape index (κ1) is 15.9. The summed E-state index contributed by atoms with van der Waals surface area (Å²) in [5, 5.41) is 11.1. The average Bonchev–Trinajstić information content (AvgIpc) is 3.05. The van der Waals surface area contributed by atoms with Gasteiger partial charge in [0.25, 0.3) is 5.22 Å². The second-order valence-corrected chi connectivity index (χ2v) is 6.62. The third kappa shape index (κ3) is 4.52.